The quantitative estimate of drug-likeness (QED) is 0.329. The van der Waals surface area contributed by atoms with Gasteiger partial charge in [0, 0.05) is 34.5 Å². The number of nitro benzene ring substituents is 1. The fraction of sp³-hybridized carbons (Fsp3) is 0. The number of nitrogens with one attached hydrogen (secondary N) is 2. The van der Waals surface area contributed by atoms with Gasteiger partial charge in [0.25, 0.3) is 17.5 Å². The number of hydrogen-bond donors (Lipinski definition) is 3. The first kappa shape index (κ1) is 20.2. The number of hydrogen-bond acceptors (Lipinski definition) is 6. The van der Waals surface area contributed by atoms with E-state index in [1.54, 1.807) is 30.3 Å². The van der Waals surface area contributed by atoms with Gasteiger partial charge in [0.1, 0.15) is 5.75 Å². The number of amides is 2. The Labute approximate surface area is 170 Å². The maximum atomic E-state index is 12.2. The number of anilines is 1. The number of rotatable bonds is 6. The summed E-state index contributed by atoms with van der Waals surface area (Å²) in [5.41, 5.74) is 3.74. The van der Waals surface area contributed by atoms with E-state index >= 15 is 0 Å². The highest BCUT2D eigenvalue weighted by atomic mass is 16.6. The van der Waals surface area contributed by atoms with Crippen molar-refractivity contribution in [3.8, 4) is 5.75 Å². The van der Waals surface area contributed by atoms with Crippen molar-refractivity contribution in [2.24, 2.45) is 5.10 Å². The normalized spacial score (nSPS) is 10.5. The van der Waals surface area contributed by atoms with Crippen LogP contribution in [0.15, 0.2) is 77.9 Å². The minimum Gasteiger partial charge on any atom is -0.507 e. The van der Waals surface area contributed by atoms with Crippen molar-refractivity contribution in [2.45, 2.75) is 0 Å². The summed E-state index contributed by atoms with van der Waals surface area (Å²) >= 11 is 0. The first-order valence-corrected chi connectivity index (χ1v) is 8.71. The van der Waals surface area contributed by atoms with Gasteiger partial charge in [-0.15, -0.1) is 0 Å². The Hall–Kier alpha value is -4.53. The molecule has 3 rings (SSSR count). The molecule has 3 aromatic carbocycles. The Morgan fingerprint density at radius 1 is 0.900 bits per heavy atom. The number of nitro groups is 1. The highest BCUT2D eigenvalue weighted by Crippen LogP contribution is 2.15. The smallest absolute Gasteiger partial charge is 0.271 e. The van der Waals surface area contributed by atoms with Gasteiger partial charge >= 0.3 is 0 Å². The topological polar surface area (TPSA) is 134 Å². The number of carbonyl (C=O) groups excluding carboxylic acids is 2. The third-order valence-corrected chi connectivity index (χ3v) is 4.05. The first-order chi connectivity index (χ1) is 14.4. The fourth-order valence-electron chi connectivity index (χ4n) is 2.46. The van der Waals surface area contributed by atoms with Gasteiger partial charge in [-0.2, -0.15) is 5.10 Å². The maximum Gasteiger partial charge on any atom is 0.271 e. The molecule has 0 bridgehead atoms. The summed E-state index contributed by atoms with van der Waals surface area (Å²) < 4.78 is 0. The van der Waals surface area contributed by atoms with Gasteiger partial charge in [-0.05, 0) is 48.5 Å². The minimum atomic E-state index is -0.544. The maximum absolute atomic E-state index is 12.2. The van der Waals surface area contributed by atoms with Gasteiger partial charge in [0.2, 0.25) is 0 Å². The lowest BCUT2D eigenvalue weighted by atomic mass is 10.1. The Morgan fingerprint density at radius 3 is 2.13 bits per heavy atom. The van der Waals surface area contributed by atoms with E-state index < -0.39 is 16.7 Å². The number of hydrazone groups is 1. The summed E-state index contributed by atoms with van der Waals surface area (Å²) in [5, 5.41) is 26.8. The van der Waals surface area contributed by atoms with Crippen LogP contribution >= 0.6 is 0 Å². The zero-order chi connectivity index (χ0) is 21.5. The van der Waals surface area contributed by atoms with E-state index in [-0.39, 0.29) is 17.0 Å². The number of aromatic hydroxyl groups is 1. The molecule has 0 aliphatic carbocycles. The molecule has 150 valence electrons. The molecule has 0 aromatic heterocycles. The largest absolute Gasteiger partial charge is 0.507 e. The first-order valence-electron chi connectivity index (χ1n) is 8.71. The zero-order valence-corrected chi connectivity index (χ0v) is 15.5. The van der Waals surface area contributed by atoms with Crippen LogP contribution in [0.2, 0.25) is 0 Å². The van der Waals surface area contributed by atoms with Gasteiger partial charge in [-0.1, -0.05) is 12.1 Å². The molecule has 0 saturated heterocycles. The Morgan fingerprint density at radius 2 is 1.50 bits per heavy atom. The molecule has 9 heteroatoms. The number of non-ortho nitro benzene ring substituents is 1. The van der Waals surface area contributed by atoms with Gasteiger partial charge in [-0.25, -0.2) is 5.43 Å². The third-order valence-electron chi connectivity index (χ3n) is 4.05. The molecule has 30 heavy (non-hydrogen) atoms. The molecular weight excluding hydrogens is 388 g/mol. The summed E-state index contributed by atoms with van der Waals surface area (Å²) in [6.45, 7) is 0. The van der Waals surface area contributed by atoms with Crippen molar-refractivity contribution >= 4 is 29.4 Å². The van der Waals surface area contributed by atoms with Crippen LogP contribution in [-0.4, -0.2) is 28.1 Å². The van der Waals surface area contributed by atoms with Crippen molar-refractivity contribution < 1.29 is 19.6 Å². The average Bonchev–Trinajstić information content (AvgIpc) is 2.75. The standard InChI is InChI=1S/C21H16N4O5/c26-19-4-2-1-3-16(19)13-22-24-21(28)15-5-9-17(10-6-15)23-20(27)14-7-11-18(12-8-14)25(29)30/h1-13,26H,(H,23,27)(H,24,28)/b22-13+. The molecule has 3 N–H and O–H groups in total. The molecule has 0 fully saturated rings. The Balaban J connectivity index is 1.58. The van der Waals surface area contributed by atoms with E-state index in [4.69, 9.17) is 0 Å². The SMILES string of the molecule is O=C(N/N=C/c1ccccc1O)c1ccc(NC(=O)c2ccc([N+](=O)[O-])cc2)cc1. The fourth-order valence-corrected chi connectivity index (χ4v) is 2.46. The predicted octanol–water partition coefficient (Wildman–Crippen LogP) is 3.32. The summed E-state index contributed by atoms with van der Waals surface area (Å²) in [6.07, 6.45) is 1.33. The van der Waals surface area contributed by atoms with Crippen molar-refractivity contribution in [1.29, 1.82) is 0 Å². The van der Waals surface area contributed by atoms with E-state index in [1.165, 1.54) is 48.7 Å². The van der Waals surface area contributed by atoms with Gasteiger partial charge in [0.05, 0.1) is 11.1 Å². The lowest BCUT2D eigenvalue weighted by molar-refractivity contribution is -0.384. The molecule has 2 amide bonds. The van der Waals surface area contributed by atoms with E-state index in [9.17, 15) is 24.8 Å². The number of benzene rings is 3. The van der Waals surface area contributed by atoms with Crippen LogP contribution in [0.5, 0.6) is 5.75 Å². The summed E-state index contributed by atoms with van der Waals surface area (Å²) in [5.74, 6) is -0.854. The monoisotopic (exact) mass is 404 g/mol. The highest BCUT2D eigenvalue weighted by molar-refractivity contribution is 6.04. The van der Waals surface area contributed by atoms with E-state index in [0.29, 0.717) is 16.8 Å². The van der Waals surface area contributed by atoms with Crippen LogP contribution in [0.4, 0.5) is 11.4 Å². The second kappa shape index (κ2) is 9.11. The van der Waals surface area contributed by atoms with Crippen LogP contribution in [0.25, 0.3) is 0 Å². The molecule has 0 saturated carbocycles. The van der Waals surface area contributed by atoms with Crippen molar-refractivity contribution in [1.82, 2.24) is 5.43 Å². The van der Waals surface area contributed by atoms with Gasteiger partial charge < -0.3 is 10.4 Å². The predicted molar refractivity (Wildman–Crippen MR) is 111 cm³/mol. The zero-order valence-electron chi connectivity index (χ0n) is 15.5. The number of phenols is 1. The van der Waals surface area contributed by atoms with Gasteiger partial charge in [-0.3, -0.25) is 19.7 Å². The summed E-state index contributed by atoms with van der Waals surface area (Å²) in [4.78, 5) is 34.5. The molecule has 0 aliphatic rings. The number of nitrogens with zero attached hydrogens (tertiary/aromatic N) is 2. The lowest BCUT2D eigenvalue weighted by Gasteiger charge is -2.06. The minimum absolute atomic E-state index is 0.0450. The van der Waals surface area contributed by atoms with Crippen LogP contribution in [0.1, 0.15) is 26.3 Å². The second-order valence-corrected chi connectivity index (χ2v) is 6.09. The highest BCUT2D eigenvalue weighted by Gasteiger charge is 2.10. The summed E-state index contributed by atoms with van der Waals surface area (Å²) in [7, 11) is 0. The number of carbonyl (C=O) groups is 2. The van der Waals surface area contributed by atoms with E-state index in [2.05, 4.69) is 15.8 Å². The molecule has 0 spiro atoms. The van der Waals surface area contributed by atoms with Crippen LogP contribution in [0, 0.1) is 10.1 Å². The average molecular weight is 404 g/mol. The molecule has 3 aromatic rings. The number of phenolic OH excluding ortho intramolecular Hbond substituents is 1. The van der Waals surface area contributed by atoms with Crippen molar-refractivity contribution in [3.05, 3.63) is 99.6 Å². The molecule has 9 nitrogen and oxygen atoms in total. The van der Waals surface area contributed by atoms with Crippen LogP contribution < -0.4 is 10.7 Å². The van der Waals surface area contributed by atoms with Crippen molar-refractivity contribution in [2.75, 3.05) is 5.32 Å². The van der Waals surface area contributed by atoms with E-state index in [0.717, 1.165) is 0 Å². The lowest BCUT2D eigenvalue weighted by Crippen LogP contribution is -2.18. The molecule has 0 radical (unpaired) electrons. The molecule has 0 atom stereocenters. The molecular formula is C21H16N4O5. The third kappa shape index (κ3) is 5.04. The summed E-state index contributed by atoms with van der Waals surface area (Å²) in [6, 6.07) is 17.9. The van der Waals surface area contributed by atoms with Gasteiger partial charge in [0.15, 0.2) is 0 Å². The number of para-hydroxylation sites is 1. The van der Waals surface area contributed by atoms with Crippen LogP contribution in [0.3, 0.4) is 0 Å². The molecule has 0 aliphatic heterocycles. The molecule has 0 unspecified atom stereocenters. The second-order valence-electron chi connectivity index (χ2n) is 6.09. The Bertz CT molecular complexity index is 1110. The van der Waals surface area contributed by atoms with Crippen molar-refractivity contribution in [3.63, 3.8) is 0 Å². The molecule has 0 heterocycles. The Kier molecular flexibility index (Phi) is 6.14. The van der Waals surface area contributed by atoms with E-state index in [1.807, 2.05) is 0 Å². The van der Waals surface area contributed by atoms with Crippen LogP contribution in [-0.2, 0) is 0 Å².